The number of fused-ring (bicyclic) bond motifs is 1. The number of anilines is 1. The Morgan fingerprint density at radius 3 is 2.84 bits per heavy atom. The van der Waals surface area contributed by atoms with E-state index in [2.05, 4.69) is 0 Å². The average Bonchev–Trinajstić information content (AvgIpc) is 2.89. The third kappa shape index (κ3) is 1.95. The minimum atomic E-state index is -0.533. The number of hydrogen-bond acceptors (Lipinski definition) is 4. The fourth-order valence-corrected chi connectivity index (χ4v) is 3.08. The van der Waals surface area contributed by atoms with E-state index >= 15 is 0 Å². The second-order valence-electron chi connectivity index (χ2n) is 4.54. The Hall–Kier alpha value is -1.72. The molecule has 0 radical (unpaired) electrons. The summed E-state index contributed by atoms with van der Waals surface area (Å²) in [6, 6.07) is 7.32. The molecule has 0 bridgehead atoms. The van der Waals surface area contributed by atoms with E-state index in [1.54, 1.807) is 30.0 Å². The van der Waals surface area contributed by atoms with Crippen molar-refractivity contribution in [1.82, 2.24) is 0 Å². The zero-order chi connectivity index (χ0) is 13.6. The van der Waals surface area contributed by atoms with Gasteiger partial charge >= 0.3 is 0 Å². The van der Waals surface area contributed by atoms with E-state index in [1.165, 1.54) is 0 Å². The molecule has 0 spiro atoms. The van der Waals surface area contributed by atoms with E-state index < -0.39 is 6.04 Å². The van der Waals surface area contributed by atoms with Crippen LogP contribution in [0.2, 0.25) is 0 Å². The number of furan rings is 1. The first-order valence-corrected chi connectivity index (χ1v) is 6.78. The number of benzene rings is 1. The van der Waals surface area contributed by atoms with Crippen LogP contribution >= 0.6 is 11.8 Å². The maximum Gasteiger partial charge on any atom is 0.248 e. The summed E-state index contributed by atoms with van der Waals surface area (Å²) in [5, 5.41) is 0. The number of amides is 1. The lowest BCUT2D eigenvalue weighted by Crippen LogP contribution is -2.27. The van der Waals surface area contributed by atoms with Crippen LogP contribution in [0, 0.1) is 6.92 Å². The van der Waals surface area contributed by atoms with Crippen LogP contribution in [-0.2, 0) is 4.79 Å². The van der Waals surface area contributed by atoms with Gasteiger partial charge in [0, 0.05) is 23.2 Å². The normalized spacial score (nSPS) is 17.9. The van der Waals surface area contributed by atoms with Crippen LogP contribution in [0.3, 0.4) is 0 Å². The summed E-state index contributed by atoms with van der Waals surface area (Å²) >= 11 is 1.62. The quantitative estimate of drug-likeness (QED) is 0.914. The lowest BCUT2D eigenvalue weighted by molar-refractivity contribution is -0.118. The highest BCUT2D eigenvalue weighted by molar-refractivity contribution is 7.99. The first kappa shape index (κ1) is 12.3. The smallest absolute Gasteiger partial charge is 0.248 e. The summed E-state index contributed by atoms with van der Waals surface area (Å²) in [7, 11) is 1.76. The maximum atomic E-state index is 11.8. The third-order valence-electron chi connectivity index (χ3n) is 3.33. The molecule has 2 aromatic rings. The van der Waals surface area contributed by atoms with Crippen molar-refractivity contribution in [2.24, 2.45) is 5.73 Å². The van der Waals surface area contributed by atoms with Gasteiger partial charge in [0.05, 0.1) is 11.2 Å². The number of nitrogens with zero attached hydrogens (tertiary/aromatic N) is 1. The van der Waals surface area contributed by atoms with Gasteiger partial charge in [0.15, 0.2) is 0 Å². The summed E-state index contributed by atoms with van der Waals surface area (Å²) < 4.78 is 5.28. The molecule has 1 aliphatic rings. The van der Waals surface area contributed by atoms with E-state index in [1.807, 2.05) is 31.2 Å². The molecule has 1 unspecified atom stereocenters. The summed E-state index contributed by atoms with van der Waals surface area (Å²) in [4.78, 5) is 15.6. The minimum Gasteiger partial charge on any atom is -0.468 e. The molecule has 0 aliphatic carbocycles. The average molecular weight is 274 g/mol. The zero-order valence-electron chi connectivity index (χ0n) is 10.7. The lowest BCUT2D eigenvalue weighted by atomic mass is 10.1. The molecule has 19 heavy (non-hydrogen) atoms. The van der Waals surface area contributed by atoms with E-state index in [4.69, 9.17) is 10.2 Å². The van der Waals surface area contributed by atoms with Crippen LogP contribution in [0.5, 0.6) is 0 Å². The van der Waals surface area contributed by atoms with Crippen molar-refractivity contribution in [3.63, 3.8) is 0 Å². The van der Waals surface area contributed by atoms with Gasteiger partial charge < -0.3 is 15.1 Å². The zero-order valence-corrected chi connectivity index (χ0v) is 11.5. The van der Waals surface area contributed by atoms with Crippen molar-refractivity contribution in [1.29, 1.82) is 0 Å². The van der Waals surface area contributed by atoms with Gasteiger partial charge in [0.2, 0.25) is 5.91 Å². The maximum absolute atomic E-state index is 11.8. The van der Waals surface area contributed by atoms with Gasteiger partial charge in [-0.25, -0.2) is 0 Å². The van der Waals surface area contributed by atoms with Crippen LogP contribution in [0.1, 0.15) is 17.4 Å². The molecule has 2 heterocycles. The van der Waals surface area contributed by atoms with Crippen LogP contribution in [0.25, 0.3) is 0 Å². The highest BCUT2D eigenvalue weighted by Crippen LogP contribution is 2.39. The lowest BCUT2D eigenvalue weighted by Gasteiger charge is -2.10. The van der Waals surface area contributed by atoms with E-state index in [0.717, 1.165) is 26.8 Å². The van der Waals surface area contributed by atoms with Gasteiger partial charge in [0.1, 0.15) is 11.8 Å². The predicted octanol–water partition coefficient (Wildman–Crippen LogP) is 2.72. The Bertz CT molecular complexity index is 651. The Labute approximate surface area is 115 Å². The van der Waals surface area contributed by atoms with E-state index in [9.17, 15) is 4.79 Å². The Kier molecular flexibility index (Phi) is 2.88. The molecule has 1 aliphatic heterocycles. The van der Waals surface area contributed by atoms with Crippen molar-refractivity contribution in [2.45, 2.75) is 22.8 Å². The second-order valence-corrected chi connectivity index (χ2v) is 5.65. The van der Waals surface area contributed by atoms with Gasteiger partial charge in [-0.15, -0.1) is 0 Å². The first-order chi connectivity index (χ1) is 9.08. The van der Waals surface area contributed by atoms with E-state index in [-0.39, 0.29) is 5.91 Å². The van der Waals surface area contributed by atoms with E-state index in [0.29, 0.717) is 0 Å². The fraction of sp³-hybridized carbons (Fsp3) is 0.214. The molecular weight excluding hydrogens is 260 g/mol. The molecular formula is C14H14N2O2S. The standard InChI is InChI=1S/C14H14N2O2S/c1-8-12(5-6-18-8)19-9-3-4-10-11(7-9)16(2)14(17)13(10)15/h3-7,13H,15H2,1-2H3. The summed E-state index contributed by atoms with van der Waals surface area (Å²) in [6.45, 7) is 1.93. The molecule has 4 nitrogen and oxygen atoms in total. The van der Waals surface area contributed by atoms with Crippen molar-refractivity contribution in [2.75, 3.05) is 11.9 Å². The van der Waals surface area contributed by atoms with Gasteiger partial charge in [0.25, 0.3) is 0 Å². The molecule has 0 fully saturated rings. The molecule has 1 amide bonds. The molecule has 0 saturated carbocycles. The SMILES string of the molecule is Cc1occc1Sc1ccc2c(c1)N(C)C(=O)C2N. The Balaban J connectivity index is 1.95. The van der Waals surface area contributed by atoms with Crippen LogP contribution < -0.4 is 10.6 Å². The molecule has 98 valence electrons. The number of likely N-dealkylation sites (N-methyl/N-ethyl adjacent to an activating group) is 1. The van der Waals surface area contributed by atoms with Gasteiger partial charge in [-0.2, -0.15) is 0 Å². The van der Waals surface area contributed by atoms with Crippen LogP contribution in [-0.4, -0.2) is 13.0 Å². The van der Waals surface area contributed by atoms with Gasteiger partial charge in [-0.3, -0.25) is 4.79 Å². The Morgan fingerprint density at radius 1 is 1.37 bits per heavy atom. The summed E-state index contributed by atoms with van der Waals surface area (Å²) in [6.07, 6.45) is 1.68. The highest BCUT2D eigenvalue weighted by atomic mass is 32.2. The Morgan fingerprint density at radius 2 is 2.16 bits per heavy atom. The number of hydrogen-bond donors (Lipinski definition) is 1. The number of nitrogens with two attached hydrogens (primary N) is 1. The monoisotopic (exact) mass is 274 g/mol. The largest absolute Gasteiger partial charge is 0.468 e. The van der Waals surface area contributed by atoms with Gasteiger partial charge in [-0.1, -0.05) is 17.8 Å². The molecule has 3 rings (SSSR count). The number of carbonyl (C=O) groups excluding carboxylic acids is 1. The van der Waals surface area contributed by atoms with Crippen LogP contribution in [0.4, 0.5) is 5.69 Å². The van der Waals surface area contributed by atoms with Gasteiger partial charge in [-0.05, 0) is 25.1 Å². The fourth-order valence-electron chi connectivity index (χ4n) is 2.21. The molecule has 5 heteroatoms. The molecule has 1 aromatic heterocycles. The highest BCUT2D eigenvalue weighted by Gasteiger charge is 2.32. The number of rotatable bonds is 2. The van der Waals surface area contributed by atoms with Crippen molar-refractivity contribution >= 4 is 23.4 Å². The topological polar surface area (TPSA) is 59.5 Å². The minimum absolute atomic E-state index is 0.0587. The van der Waals surface area contributed by atoms with Crippen molar-refractivity contribution in [3.05, 3.63) is 41.9 Å². The number of aryl methyl sites for hydroxylation is 1. The number of carbonyl (C=O) groups is 1. The molecule has 1 atom stereocenters. The predicted molar refractivity (Wildman–Crippen MR) is 74.3 cm³/mol. The first-order valence-electron chi connectivity index (χ1n) is 5.97. The second kappa shape index (κ2) is 4.43. The molecule has 1 aromatic carbocycles. The third-order valence-corrected chi connectivity index (χ3v) is 4.47. The summed E-state index contributed by atoms with van der Waals surface area (Å²) in [5.41, 5.74) is 7.66. The van der Waals surface area contributed by atoms with Crippen LogP contribution in [0.15, 0.2) is 44.7 Å². The molecule has 0 saturated heterocycles. The van der Waals surface area contributed by atoms with Crippen molar-refractivity contribution < 1.29 is 9.21 Å². The van der Waals surface area contributed by atoms with Crippen molar-refractivity contribution in [3.8, 4) is 0 Å². The molecule has 2 N–H and O–H groups in total. The summed E-state index contributed by atoms with van der Waals surface area (Å²) in [5.74, 6) is 0.836.